The van der Waals surface area contributed by atoms with E-state index in [1.54, 1.807) is 18.2 Å². The molecular weight excluding hydrogens is 661 g/mol. The molecule has 0 fully saturated rings. The van der Waals surface area contributed by atoms with Crippen LogP contribution in [-0.4, -0.2) is 11.1 Å². The van der Waals surface area contributed by atoms with Gasteiger partial charge in [-0.1, -0.05) is 24.3 Å². The average molecular weight is 675 g/mol. The predicted molar refractivity (Wildman–Crippen MR) is 135 cm³/mol. The molecular formula is C24H14F3I2NO3. The maximum atomic E-state index is 12.8. The minimum Gasteiger partial charge on any atom is -0.487 e. The van der Waals surface area contributed by atoms with E-state index in [1.165, 1.54) is 24.3 Å². The second-order valence-corrected chi connectivity index (χ2v) is 9.17. The van der Waals surface area contributed by atoms with Gasteiger partial charge in [-0.15, -0.1) is 0 Å². The van der Waals surface area contributed by atoms with Crippen molar-refractivity contribution in [2.24, 2.45) is 0 Å². The highest BCUT2D eigenvalue weighted by atomic mass is 127. The predicted octanol–water partition coefficient (Wildman–Crippen LogP) is 7.26. The molecule has 33 heavy (non-hydrogen) atoms. The second kappa shape index (κ2) is 10.6. The fourth-order valence-corrected chi connectivity index (χ4v) is 5.01. The quantitative estimate of drug-likeness (QED) is 0.170. The van der Waals surface area contributed by atoms with Crippen molar-refractivity contribution >= 4 is 62.8 Å². The molecule has 168 valence electrons. The number of carboxylic acid groups (broad SMARTS) is 1. The molecule has 0 heterocycles. The molecule has 4 nitrogen and oxygen atoms in total. The van der Waals surface area contributed by atoms with Gasteiger partial charge in [0.25, 0.3) is 0 Å². The van der Waals surface area contributed by atoms with Crippen molar-refractivity contribution in [3.63, 3.8) is 0 Å². The minimum atomic E-state index is -4.44. The molecule has 3 aromatic rings. The van der Waals surface area contributed by atoms with E-state index in [1.807, 2.05) is 18.2 Å². The number of aromatic carboxylic acids is 1. The van der Waals surface area contributed by atoms with Crippen molar-refractivity contribution in [1.82, 2.24) is 0 Å². The minimum absolute atomic E-state index is 0.195. The average Bonchev–Trinajstić information content (AvgIpc) is 2.76. The van der Waals surface area contributed by atoms with Crippen LogP contribution < -0.4 is 4.74 Å². The molecule has 3 aromatic carbocycles. The van der Waals surface area contributed by atoms with Gasteiger partial charge in [-0.2, -0.15) is 18.4 Å². The van der Waals surface area contributed by atoms with Crippen molar-refractivity contribution in [2.75, 3.05) is 0 Å². The lowest BCUT2D eigenvalue weighted by Crippen LogP contribution is -2.04. The van der Waals surface area contributed by atoms with Crippen LogP contribution in [0.25, 0.3) is 11.6 Å². The first kappa shape index (κ1) is 25.0. The normalized spacial score (nSPS) is 11.7. The summed E-state index contributed by atoms with van der Waals surface area (Å²) in [6.07, 6.45) is -2.82. The molecule has 3 rings (SSSR count). The molecule has 0 aliphatic heterocycles. The number of nitrogens with zero attached hydrogens (tertiary/aromatic N) is 1. The molecule has 0 radical (unpaired) electrons. The van der Waals surface area contributed by atoms with Crippen molar-refractivity contribution in [3.8, 4) is 11.8 Å². The highest BCUT2D eigenvalue weighted by molar-refractivity contribution is 14.1. The maximum Gasteiger partial charge on any atom is 0.416 e. The first-order valence-electron chi connectivity index (χ1n) is 9.32. The van der Waals surface area contributed by atoms with Crippen molar-refractivity contribution in [3.05, 3.63) is 95.6 Å². The molecule has 0 unspecified atom stereocenters. The van der Waals surface area contributed by atoms with Crippen LogP contribution in [0.2, 0.25) is 0 Å². The first-order valence-corrected chi connectivity index (χ1v) is 11.5. The number of hydrogen-bond acceptors (Lipinski definition) is 3. The van der Waals surface area contributed by atoms with Gasteiger partial charge in [0.2, 0.25) is 0 Å². The van der Waals surface area contributed by atoms with Crippen molar-refractivity contribution < 1.29 is 27.8 Å². The largest absolute Gasteiger partial charge is 0.487 e. The third-order valence-corrected chi connectivity index (χ3v) is 6.16. The summed E-state index contributed by atoms with van der Waals surface area (Å²) in [5.41, 5.74) is 1.57. The van der Waals surface area contributed by atoms with Crippen molar-refractivity contribution in [2.45, 2.75) is 12.8 Å². The van der Waals surface area contributed by atoms with Gasteiger partial charge in [-0.25, -0.2) is 4.79 Å². The smallest absolute Gasteiger partial charge is 0.416 e. The maximum absolute atomic E-state index is 12.8. The highest BCUT2D eigenvalue weighted by Gasteiger charge is 2.30. The van der Waals surface area contributed by atoms with Gasteiger partial charge in [0.1, 0.15) is 12.4 Å². The Balaban J connectivity index is 1.80. The monoisotopic (exact) mass is 675 g/mol. The van der Waals surface area contributed by atoms with Crippen LogP contribution in [0.4, 0.5) is 13.2 Å². The zero-order valence-corrected chi connectivity index (χ0v) is 21.0. The first-order chi connectivity index (χ1) is 15.6. The lowest BCUT2D eigenvalue weighted by molar-refractivity contribution is -0.137. The summed E-state index contributed by atoms with van der Waals surface area (Å²) in [6.45, 7) is 0.246. The van der Waals surface area contributed by atoms with Crippen LogP contribution in [0.15, 0.2) is 60.7 Å². The Labute approximate surface area is 215 Å². The summed E-state index contributed by atoms with van der Waals surface area (Å²) in [6, 6.07) is 16.5. The third kappa shape index (κ3) is 6.48. The van der Waals surface area contributed by atoms with Gasteiger partial charge in [0.15, 0.2) is 0 Å². The van der Waals surface area contributed by atoms with E-state index in [0.29, 0.717) is 16.9 Å². The Hall–Kier alpha value is -2.59. The van der Waals surface area contributed by atoms with Crippen LogP contribution in [0.1, 0.15) is 32.6 Å². The van der Waals surface area contributed by atoms with Crippen LogP contribution in [-0.2, 0) is 12.8 Å². The van der Waals surface area contributed by atoms with Crippen LogP contribution >= 0.6 is 45.2 Å². The fourth-order valence-electron chi connectivity index (χ4n) is 2.89. The van der Waals surface area contributed by atoms with E-state index in [-0.39, 0.29) is 17.7 Å². The van der Waals surface area contributed by atoms with E-state index < -0.39 is 17.7 Å². The molecule has 9 heteroatoms. The molecule has 0 aliphatic rings. The number of benzene rings is 3. The Kier molecular flexibility index (Phi) is 8.01. The molecule has 0 atom stereocenters. The zero-order valence-electron chi connectivity index (χ0n) is 16.7. The Bertz CT molecular complexity index is 1220. The SMILES string of the molecule is N#C/C(=C/c1cc(I)c(OCc2ccc(C(=O)O)cc2)c(I)c1)c1ccc(C(F)(F)F)cc1. The molecule has 0 amide bonds. The summed E-state index contributed by atoms with van der Waals surface area (Å²) >= 11 is 4.22. The van der Waals surface area contributed by atoms with Crippen LogP contribution in [0.3, 0.4) is 0 Å². The Morgan fingerprint density at radius 3 is 2.03 bits per heavy atom. The van der Waals surface area contributed by atoms with E-state index in [2.05, 4.69) is 45.2 Å². The summed E-state index contributed by atoms with van der Waals surface area (Å²) < 4.78 is 45.8. The zero-order chi connectivity index (χ0) is 24.2. The number of ether oxygens (including phenoxy) is 1. The summed E-state index contributed by atoms with van der Waals surface area (Å²) in [5, 5.41) is 18.5. The molecule has 0 aliphatic carbocycles. The van der Waals surface area contributed by atoms with E-state index >= 15 is 0 Å². The van der Waals surface area contributed by atoms with Crippen molar-refractivity contribution in [1.29, 1.82) is 5.26 Å². The standard InChI is InChI=1S/C24H14F3I2NO3/c25-24(26,27)19-7-5-16(6-8-19)18(12-30)9-15-10-20(28)22(21(29)11-15)33-13-14-1-3-17(4-2-14)23(31)32/h1-11H,13H2,(H,31,32)/b18-9-. The second-order valence-electron chi connectivity index (χ2n) is 6.85. The van der Waals surface area contributed by atoms with Gasteiger partial charge < -0.3 is 9.84 Å². The lowest BCUT2D eigenvalue weighted by Gasteiger charge is -2.12. The number of carbonyl (C=O) groups is 1. The molecule has 0 saturated carbocycles. The number of hydrogen-bond donors (Lipinski definition) is 1. The van der Waals surface area contributed by atoms with E-state index in [0.717, 1.165) is 24.8 Å². The molecule has 0 aromatic heterocycles. The number of allylic oxidation sites excluding steroid dienone is 1. The Morgan fingerprint density at radius 1 is 1.00 bits per heavy atom. The number of nitriles is 1. The van der Waals surface area contributed by atoms with Gasteiger partial charge in [0.05, 0.1) is 29.9 Å². The number of rotatable bonds is 6. The number of halogens is 5. The topological polar surface area (TPSA) is 70.3 Å². The lowest BCUT2D eigenvalue weighted by atomic mass is 10.0. The summed E-state index contributed by atoms with van der Waals surface area (Å²) in [5.74, 6) is -0.355. The molecule has 0 saturated heterocycles. The van der Waals surface area contributed by atoms with Crippen LogP contribution in [0.5, 0.6) is 5.75 Å². The van der Waals surface area contributed by atoms with Gasteiger partial charge in [-0.3, -0.25) is 0 Å². The fraction of sp³-hybridized carbons (Fsp3) is 0.0833. The molecule has 1 N–H and O–H groups in total. The van der Waals surface area contributed by atoms with Crippen LogP contribution in [0, 0.1) is 18.5 Å². The molecule has 0 spiro atoms. The highest BCUT2D eigenvalue weighted by Crippen LogP contribution is 2.33. The van der Waals surface area contributed by atoms with Gasteiger partial charge >= 0.3 is 12.1 Å². The third-order valence-electron chi connectivity index (χ3n) is 4.56. The Morgan fingerprint density at radius 2 is 1.55 bits per heavy atom. The number of carboxylic acids is 1. The van der Waals surface area contributed by atoms with Gasteiger partial charge in [-0.05, 0) is 104 Å². The molecule has 0 bridgehead atoms. The van der Waals surface area contributed by atoms with E-state index in [4.69, 9.17) is 9.84 Å². The number of alkyl halides is 3. The summed E-state index contributed by atoms with van der Waals surface area (Å²) in [4.78, 5) is 11.0. The van der Waals surface area contributed by atoms with E-state index in [9.17, 15) is 23.2 Å². The van der Waals surface area contributed by atoms with Gasteiger partial charge in [0, 0.05) is 0 Å². The summed E-state index contributed by atoms with van der Waals surface area (Å²) in [7, 11) is 0.